The summed E-state index contributed by atoms with van der Waals surface area (Å²) in [5.41, 5.74) is 1.41. The maximum atomic E-state index is 12.3. The topological polar surface area (TPSA) is 88.5 Å². The molecule has 1 aliphatic heterocycles. The van der Waals surface area contributed by atoms with Gasteiger partial charge in [-0.3, -0.25) is 19.2 Å². The minimum atomic E-state index is -0.242. The number of ether oxygens (including phenoxy) is 1. The van der Waals surface area contributed by atoms with Crippen LogP contribution in [0.25, 0.3) is 0 Å². The summed E-state index contributed by atoms with van der Waals surface area (Å²) in [4.78, 5) is 26.8. The van der Waals surface area contributed by atoms with Gasteiger partial charge in [0.1, 0.15) is 5.82 Å². The molecule has 0 radical (unpaired) electrons. The Morgan fingerprint density at radius 2 is 1.93 bits per heavy atom. The van der Waals surface area contributed by atoms with Crippen LogP contribution in [0.4, 0.5) is 5.82 Å². The number of nitrogens with one attached hydrogen (secondary N) is 2. The van der Waals surface area contributed by atoms with E-state index in [1.807, 2.05) is 30.3 Å². The van der Waals surface area contributed by atoms with Gasteiger partial charge in [-0.05, 0) is 12.0 Å². The molecule has 28 heavy (non-hydrogen) atoms. The van der Waals surface area contributed by atoms with Gasteiger partial charge in [-0.25, -0.2) is 0 Å². The number of morpholine rings is 1. The highest BCUT2D eigenvalue weighted by Gasteiger charge is 2.15. The second kappa shape index (κ2) is 10.0. The van der Waals surface area contributed by atoms with Crippen LogP contribution in [0.15, 0.2) is 36.4 Å². The fraction of sp³-hybridized carbons (Fsp3) is 0.450. The number of rotatable bonds is 8. The van der Waals surface area contributed by atoms with Crippen LogP contribution in [0.2, 0.25) is 0 Å². The van der Waals surface area contributed by atoms with Gasteiger partial charge in [-0.1, -0.05) is 30.3 Å². The zero-order valence-corrected chi connectivity index (χ0v) is 16.2. The van der Waals surface area contributed by atoms with Gasteiger partial charge in [0.2, 0.25) is 5.91 Å². The summed E-state index contributed by atoms with van der Waals surface area (Å²) in [7, 11) is 1.71. The molecule has 0 saturated carbocycles. The number of aryl methyl sites for hydroxylation is 2. The van der Waals surface area contributed by atoms with Gasteiger partial charge in [0.25, 0.3) is 5.91 Å². The van der Waals surface area contributed by atoms with E-state index in [0.717, 1.165) is 38.4 Å². The van der Waals surface area contributed by atoms with E-state index in [9.17, 15) is 9.59 Å². The molecule has 0 aliphatic carbocycles. The Morgan fingerprint density at radius 3 is 2.68 bits per heavy atom. The van der Waals surface area contributed by atoms with Crippen LogP contribution in [0, 0.1) is 0 Å². The predicted octanol–water partition coefficient (Wildman–Crippen LogP) is 1.05. The zero-order chi connectivity index (χ0) is 19.8. The van der Waals surface area contributed by atoms with Crippen molar-refractivity contribution in [2.24, 2.45) is 7.05 Å². The van der Waals surface area contributed by atoms with Crippen molar-refractivity contribution in [1.82, 2.24) is 20.0 Å². The number of nitrogens with zero attached hydrogens (tertiary/aromatic N) is 3. The molecule has 0 spiro atoms. The Kier molecular flexibility index (Phi) is 7.16. The lowest BCUT2D eigenvalue weighted by atomic mass is 10.1. The fourth-order valence-corrected chi connectivity index (χ4v) is 3.05. The molecule has 0 atom stereocenters. The van der Waals surface area contributed by atoms with E-state index in [0.29, 0.717) is 30.9 Å². The number of aromatic nitrogens is 2. The van der Waals surface area contributed by atoms with Crippen LogP contribution >= 0.6 is 0 Å². The van der Waals surface area contributed by atoms with Gasteiger partial charge >= 0.3 is 0 Å². The van der Waals surface area contributed by atoms with Gasteiger partial charge in [0.05, 0.1) is 13.2 Å². The monoisotopic (exact) mass is 385 g/mol. The van der Waals surface area contributed by atoms with Crippen molar-refractivity contribution >= 4 is 17.6 Å². The lowest BCUT2D eigenvalue weighted by Crippen LogP contribution is -2.41. The summed E-state index contributed by atoms with van der Waals surface area (Å²) in [6, 6.07) is 11.5. The van der Waals surface area contributed by atoms with Gasteiger partial charge in [0, 0.05) is 45.7 Å². The van der Waals surface area contributed by atoms with Crippen LogP contribution in [0.3, 0.4) is 0 Å². The lowest BCUT2D eigenvalue weighted by Gasteiger charge is -2.26. The van der Waals surface area contributed by atoms with Crippen LogP contribution in [0.5, 0.6) is 0 Å². The van der Waals surface area contributed by atoms with Crippen molar-refractivity contribution in [1.29, 1.82) is 0 Å². The number of benzene rings is 1. The second-order valence-corrected chi connectivity index (χ2v) is 6.78. The van der Waals surface area contributed by atoms with Crippen molar-refractivity contribution in [2.75, 3.05) is 44.7 Å². The van der Waals surface area contributed by atoms with E-state index < -0.39 is 0 Å². The third kappa shape index (κ3) is 5.90. The fourth-order valence-electron chi connectivity index (χ4n) is 3.05. The molecule has 1 aliphatic rings. The molecular weight excluding hydrogens is 358 g/mol. The first-order valence-corrected chi connectivity index (χ1v) is 9.58. The molecular formula is C20H27N5O3. The summed E-state index contributed by atoms with van der Waals surface area (Å²) < 4.78 is 6.82. The quantitative estimate of drug-likeness (QED) is 0.709. The van der Waals surface area contributed by atoms with Crippen LogP contribution in [-0.2, 0) is 23.0 Å². The number of amides is 2. The average Bonchev–Trinajstić information content (AvgIpc) is 3.08. The molecule has 1 aromatic heterocycles. The highest BCUT2D eigenvalue weighted by molar-refractivity contribution is 5.95. The minimum Gasteiger partial charge on any atom is -0.379 e. The van der Waals surface area contributed by atoms with Crippen molar-refractivity contribution in [2.45, 2.75) is 12.8 Å². The van der Waals surface area contributed by atoms with E-state index in [1.165, 1.54) is 4.68 Å². The SMILES string of the molecule is Cn1nc(C(=O)NCCN2CCOCC2)cc1NC(=O)CCc1ccccc1. The lowest BCUT2D eigenvalue weighted by molar-refractivity contribution is -0.116. The molecule has 1 saturated heterocycles. The standard InChI is InChI=1S/C20H27N5O3/c1-24-18(22-19(26)8-7-16-5-3-2-4-6-16)15-17(23-24)20(27)21-9-10-25-11-13-28-14-12-25/h2-6,15H,7-14H2,1H3,(H,21,27)(H,22,26). The van der Waals surface area contributed by atoms with Gasteiger partial charge in [-0.2, -0.15) is 5.10 Å². The molecule has 2 aromatic rings. The zero-order valence-electron chi connectivity index (χ0n) is 16.2. The molecule has 2 heterocycles. The normalized spacial score (nSPS) is 14.6. The number of carbonyl (C=O) groups is 2. The molecule has 0 bridgehead atoms. The third-order valence-electron chi connectivity index (χ3n) is 4.68. The first-order chi connectivity index (χ1) is 13.6. The van der Waals surface area contributed by atoms with E-state index in [1.54, 1.807) is 13.1 Å². The van der Waals surface area contributed by atoms with Crippen LogP contribution < -0.4 is 10.6 Å². The molecule has 2 N–H and O–H groups in total. The van der Waals surface area contributed by atoms with Gasteiger partial charge < -0.3 is 15.4 Å². The molecule has 1 aromatic carbocycles. The second-order valence-electron chi connectivity index (χ2n) is 6.78. The Bertz CT molecular complexity index is 784. The van der Waals surface area contributed by atoms with Crippen molar-refractivity contribution in [3.05, 3.63) is 47.7 Å². The summed E-state index contributed by atoms with van der Waals surface area (Å²) in [5.74, 6) is 0.163. The summed E-state index contributed by atoms with van der Waals surface area (Å²) in [6.45, 7) is 4.58. The van der Waals surface area contributed by atoms with Crippen LogP contribution in [-0.4, -0.2) is 65.9 Å². The molecule has 150 valence electrons. The number of hydrogen-bond acceptors (Lipinski definition) is 5. The van der Waals surface area contributed by atoms with Crippen molar-refractivity contribution < 1.29 is 14.3 Å². The van der Waals surface area contributed by atoms with E-state index in [-0.39, 0.29) is 11.8 Å². The molecule has 2 amide bonds. The molecule has 3 rings (SSSR count). The largest absolute Gasteiger partial charge is 0.379 e. The molecule has 0 unspecified atom stereocenters. The van der Waals surface area contributed by atoms with Crippen LogP contribution in [0.1, 0.15) is 22.5 Å². The van der Waals surface area contributed by atoms with Gasteiger partial charge in [0.15, 0.2) is 5.69 Å². The Labute approximate surface area is 164 Å². The summed E-state index contributed by atoms with van der Waals surface area (Å²) >= 11 is 0. The van der Waals surface area contributed by atoms with E-state index in [2.05, 4.69) is 20.6 Å². The number of carbonyl (C=O) groups excluding carboxylic acids is 2. The maximum absolute atomic E-state index is 12.3. The van der Waals surface area contributed by atoms with Crippen molar-refractivity contribution in [3.63, 3.8) is 0 Å². The smallest absolute Gasteiger partial charge is 0.271 e. The highest BCUT2D eigenvalue weighted by atomic mass is 16.5. The van der Waals surface area contributed by atoms with E-state index >= 15 is 0 Å². The third-order valence-corrected chi connectivity index (χ3v) is 4.68. The Balaban J connectivity index is 1.45. The first kappa shape index (κ1) is 20.0. The number of hydrogen-bond donors (Lipinski definition) is 2. The highest BCUT2D eigenvalue weighted by Crippen LogP contribution is 2.11. The molecule has 8 nitrogen and oxygen atoms in total. The summed E-state index contributed by atoms with van der Waals surface area (Å²) in [5, 5.41) is 9.90. The first-order valence-electron chi connectivity index (χ1n) is 9.58. The van der Waals surface area contributed by atoms with Crippen molar-refractivity contribution in [3.8, 4) is 0 Å². The average molecular weight is 385 g/mol. The predicted molar refractivity (Wildman–Crippen MR) is 106 cm³/mol. The molecule has 8 heteroatoms. The Hall–Kier alpha value is -2.71. The Morgan fingerprint density at radius 1 is 1.18 bits per heavy atom. The van der Waals surface area contributed by atoms with Gasteiger partial charge in [-0.15, -0.1) is 0 Å². The minimum absolute atomic E-state index is 0.105. The maximum Gasteiger partial charge on any atom is 0.271 e. The number of anilines is 1. The summed E-state index contributed by atoms with van der Waals surface area (Å²) in [6.07, 6.45) is 1.04. The van der Waals surface area contributed by atoms with E-state index in [4.69, 9.17) is 4.74 Å². The molecule has 1 fully saturated rings.